The van der Waals surface area contributed by atoms with E-state index >= 15 is 0 Å². The number of pyridine rings is 2. The summed E-state index contributed by atoms with van der Waals surface area (Å²) in [6, 6.07) is 35.1. The maximum Gasteiger partial charge on any atom is 0.211 e. The van der Waals surface area contributed by atoms with Gasteiger partial charge in [-0.1, -0.05) is 54.6 Å². The first-order valence-corrected chi connectivity index (χ1v) is 9.61. The van der Waals surface area contributed by atoms with Gasteiger partial charge in [0.1, 0.15) is 0 Å². The maximum atomic E-state index is 2.31. The number of hydrogen-bond donors (Lipinski definition) is 0. The van der Waals surface area contributed by atoms with Gasteiger partial charge in [0.2, 0.25) is 5.52 Å². The molecule has 0 aliphatic heterocycles. The molecule has 0 atom stereocenters. The molecule has 28 heavy (non-hydrogen) atoms. The Morgan fingerprint density at radius 2 is 1.18 bits per heavy atom. The molecule has 4 aromatic carbocycles. The van der Waals surface area contributed by atoms with E-state index in [0.29, 0.717) is 0 Å². The van der Waals surface area contributed by atoms with Crippen LogP contribution in [0.25, 0.3) is 49.0 Å². The number of rotatable bonds is 1. The molecule has 0 radical (unpaired) electrons. The van der Waals surface area contributed by atoms with Crippen LogP contribution in [0.15, 0.2) is 109 Å². The van der Waals surface area contributed by atoms with E-state index in [0.717, 1.165) is 0 Å². The predicted octanol–water partition coefficient (Wildman–Crippen LogP) is 6.55. The van der Waals surface area contributed by atoms with E-state index in [1.165, 1.54) is 49.0 Å². The summed E-state index contributed by atoms with van der Waals surface area (Å²) < 4.78 is 2.18. The second kappa shape index (κ2) is 5.90. The van der Waals surface area contributed by atoms with Crippen LogP contribution in [-0.2, 0) is 0 Å². The molecule has 6 rings (SSSR count). The van der Waals surface area contributed by atoms with Crippen molar-refractivity contribution in [2.45, 2.75) is 0 Å². The highest BCUT2D eigenvalue weighted by molar-refractivity contribution is 6.09. The van der Waals surface area contributed by atoms with Crippen LogP contribution in [0, 0.1) is 0 Å². The fourth-order valence-electron chi connectivity index (χ4n) is 4.20. The molecule has 6 aromatic rings. The average molecular weight is 356 g/mol. The van der Waals surface area contributed by atoms with E-state index in [1.807, 2.05) is 0 Å². The van der Waals surface area contributed by atoms with Crippen molar-refractivity contribution in [2.24, 2.45) is 0 Å². The molecule has 0 spiro atoms. The second-order valence-electron chi connectivity index (χ2n) is 7.37. The first-order chi connectivity index (χ1) is 13.8. The Bertz CT molecular complexity index is 1510. The van der Waals surface area contributed by atoms with Gasteiger partial charge in [0.05, 0.1) is 0 Å². The van der Waals surface area contributed by atoms with Crippen molar-refractivity contribution < 1.29 is 4.40 Å². The topological polar surface area (TPSA) is 4.10 Å². The third-order valence-corrected chi connectivity index (χ3v) is 5.67. The quantitative estimate of drug-likeness (QED) is 0.179. The fraction of sp³-hybridized carbons (Fsp3) is 0. The number of fused-ring (bicyclic) bond motifs is 5. The molecule has 0 N–H and O–H groups in total. The van der Waals surface area contributed by atoms with Gasteiger partial charge in [-0.05, 0) is 56.9 Å². The third kappa shape index (κ3) is 2.37. The van der Waals surface area contributed by atoms with E-state index in [1.54, 1.807) is 0 Å². The van der Waals surface area contributed by atoms with Gasteiger partial charge < -0.3 is 0 Å². The number of hydrogen-bond acceptors (Lipinski definition) is 0. The Kier molecular flexibility index (Phi) is 3.24. The van der Waals surface area contributed by atoms with Gasteiger partial charge in [-0.25, -0.2) is 0 Å². The lowest BCUT2D eigenvalue weighted by Crippen LogP contribution is -2.19. The smallest absolute Gasteiger partial charge is 0.167 e. The lowest BCUT2D eigenvalue weighted by Gasteiger charge is -2.08. The van der Waals surface area contributed by atoms with E-state index in [-0.39, 0.29) is 0 Å². The summed E-state index contributed by atoms with van der Waals surface area (Å²) in [6.45, 7) is 0. The Morgan fingerprint density at radius 1 is 0.464 bits per heavy atom. The lowest BCUT2D eigenvalue weighted by atomic mass is 9.96. The maximum absolute atomic E-state index is 2.31. The van der Waals surface area contributed by atoms with Gasteiger partial charge in [-0.3, -0.25) is 0 Å². The standard InChI is InChI=1S/C27H18N/c1-2-6-20-15-21(9-8-19(20)5-1)22-12-13-26-23(16-22)10-11-24-18-28-14-4-3-7-25(28)17-27(24)26/h1-18H/q+1. The Labute approximate surface area is 163 Å². The van der Waals surface area contributed by atoms with Crippen LogP contribution in [0.4, 0.5) is 0 Å². The SMILES string of the molecule is c1ccc2cc(-c3ccc4c(ccc5c[n+]6ccccc6cc54)c3)ccc2c1. The molecule has 130 valence electrons. The van der Waals surface area contributed by atoms with Crippen molar-refractivity contribution in [1.29, 1.82) is 0 Å². The third-order valence-electron chi connectivity index (χ3n) is 5.67. The molecule has 1 heteroatoms. The molecule has 1 nitrogen and oxygen atoms in total. The van der Waals surface area contributed by atoms with Crippen LogP contribution < -0.4 is 4.40 Å². The van der Waals surface area contributed by atoms with Crippen LogP contribution in [0.5, 0.6) is 0 Å². The summed E-state index contributed by atoms with van der Waals surface area (Å²) in [5.74, 6) is 0. The minimum atomic E-state index is 1.21. The zero-order valence-electron chi connectivity index (χ0n) is 15.3. The lowest BCUT2D eigenvalue weighted by molar-refractivity contribution is -0.510. The van der Waals surface area contributed by atoms with Gasteiger partial charge in [0.15, 0.2) is 12.4 Å². The number of benzene rings is 4. The Balaban J connectivity index is 1.57. The van der Waals surface area contributed by atoms with E-state index in [9.17, 15) is 0 Å². The molecule has 0 aliphatic rings. The van der Waals surface area contributed by atoms with Crippen molar-refractivity contribution in [3.8, 4) is 11.1 Å². The molecule has 2 heterocycles. The Hall–Kier alpha value is -3.71. The zero-order chi connectivity index (χ0) is 18.5. The monoisotopic (exact) mass is 356 g/mol. The molecule has 0 aliphatic carbocycles. The Morgan fingerprint density at radius 3 is 2.11 bits per heavy atom. The van der Waals surface area contributed by atoms with Gasteiger partial charge in [0.25, 0.3) is 0 Å². The molecule has 0 amide bonds. The normalized spacial score (nSPS) is 11.6. The van der Waals surface area contributed by atoms with Crippen LogP contribution >= 0.6 is 0 Å². The minimum absolute atomic E-state index is 1.21. The first kappa shape index (κ1) is 15.4. The molecular formula is C27H18N+. The van der Waals surface area contributed by atoms with Crippen molar-refractivity contribution in [2.75, 3.05) is 0 Å². The predicted molar refractivity (Wildman–Crippen MR) is 118 cm³/mol. The number of nitrogens with zero attached hydrogens (tertiary/aromatic N) is 1. The fourth-order valence-corrected chi connectivity index (χ4v) is 4.20. The molecule has 0 saturated carbocycles. The first-order valence-electron chi connectivity index (χ1n) is 9.61. The van der Waals surface area contributed by atoms with E-state index in [4.69, 9.17) is 0 Å². The molecule has 0 bridgehead atoms. The average Bonchev–Trinajstić information content (AvgIpc) is 2.77. The minimum Gasteiger partial charge on any atom is -0.167 e. The summed E-state index contributed by atoms with van der Waals surface area (Å²) in [4.78, 5) is 0. The van der Waals surface area contributed by atoms with Crippen LogP contribution in [0.3, 0.4) is 0 Å². The molecule has 0 saturated heterocycles. The molecule has 0 unspecified atom stereocenters. The van der Waals surface area contributed by atoms with Crippen molar-refractivity contribution in [3.05, 3.63) is 109 Å². The molecule has 0 fully saturated rings. The zero-order valence-corrected chi connectivity index (χ0v) is 15.3. The van der Waals surface area contributed by atoms with Crippen LogP contribution in [0.1, 0.15) is 0 Å². The van der Waals surface area contributed by atoms with Crippen molar-refractivity contribution in [3.63, 3.8) is 0 Å². The number of aromatic nitrogens is 1. The van der Waals surface area contributed by atoms with E-state index in [2.05, 4.69) is 114 Å². The van der Waals surface area contributed by atoms with Crippen molar-refractivity contribution in [1.82, 2.24) is 0 Å². The largest absolute Gasteiger partial charge is 0.211 e. The van der Waals surface area contributed by atoms with Gasteiger partial charge >= 0.3 is 0 Å². The van der Waals surface area contributed by atoms with Crippen LogP contribution in [-0.4, -0.2) is 0 Å². The summed E-state index contributed by atoms with van der Waals surface area (Å²) >= 11 is 0. The highest BCUT2D eigenvalue weighted by Gasteiger charge is 2.09. The molecule has 2 aromatic heterocycles. The van der Waals surface area contributed by atoms with Crippen molar-refractivity contribution >= 4 is 37.8 Å². The summed E-state index contributed by atoms with van der Waals surface area (Å²) in [5.41, 5.74) is 3.73. The molecular weight excluding hydrogens is 338 g/mol. The summed E-state index contributed by atoms with van der Waals surface area (Å²) in [6.07, 6.45) is 4.31. The summed E-state index contributed by atoms with van der Waals surface area (Å²) in [5, 5.41) is 7.69. The van der Waals surface area contributed by atoms with Gasteiger partial charge in [0, 0.05) is 29.0 Å². The van der Waals surface area contributed by atoms with E-state index < -0.39 is 0 Å². The van der Waals surface area contributed by atoms with Gasteiger partial charge in [-0.2, -0.15) is 4.40 Å². The highest BCUT2D eigenvalue weighted by atomic mass is 14.8. The second-order valence-corrected chi connectivity index (χ2v) is 7.37. The highest BCUT2D eigenvalue weighted by Crippen LogP contribution is 2.31. The summed E-state index contributed by atoms with van der Waals surface area (Å²) in [7, 11) is 0. The van der Waals surface area contributed by atoms with Crippen LogP contribution in [0.2, 0.25) is 0 Å². The van der Waals surface area contributed by atoms with Gasteiger partial charge in [-0.15, -0.1) is 0 Å².